The number of carbonyl (C=O) groups is 2. The van der Waals surface area contributed by atoms with Gasteiger partial charge in [0.1, 0.15) is 5.60 Å². The number of halogens is 1. The van der Waals surface area contributed by atoms with Crippen LogP contribution in [0.2, 0.25) is 5.02 Å². The van der Waals surface area contributed by atoms with Crippen molar-refractivity contribution in [3.63, 3.8) is 0 Å². The molecule has 1 aromatic carbocycles. The zero-order valence-corrected chi connectivity index (χ0v) is 20.7. The van der Waals surface area contributed by atoms with Gasteiger partial charge < -0.3 is 19.9 Å². The normalized spacial score (nSPS) is 20.7. The van der Waals surface area contributed by atoms with Crippen molar-refractivity contribution in [2.45, 2.75) is 64.1 Å². The van der Waals surface area contributed by atoms with E-state index in [-0.39, 0.29) is 12.0 Å². The van der Waals surface area contributed by atoms with E-state index in [1.807, 2.05) is 37.8 Å². The number of carbonyl (C=O) groups excluding carboxylic acids is 2. The summed E-state index contributed by atoms with van der Waals surface area (Å²) in [6.07, 6.45) is 3.97. The molecule has 32 heavy (non-hydrogen) atoms. The summed E-state index contributed by atoms with van der Waals surface area (Å²) in [6.45, 7) is 9.24. The van der Waals surface area contributed by atoms with Gasteiger partial charge in [0, 0.05) is 51.5 Å². The molecule has 0 aliphatic carbocycles. The fourth-order valence-electron chi connectivity index (χ4n) is 4.45. The van der Waals surface area contributed by atoms with E-state index in [2.05, 4.69) is 10.2 Å². The van der Waals surface area contributed by atoms with Crippen LogP contribution in [-0.2, 0) is 4.74 Å². The van der Waals surface area contributed by atoms with Crippen molar-refractivity contribution < 1.29 is 14.3 Å². The Kier molecular flexibility index (Phi) is 7.93. The highest BCUT2D eigenvalue weighted by Gasteiger charge is 2.32. The first-order valence-corrected chi connectivity index (χ1v) is 11.9. The minimum Gasteiger partial charge on any atom is -0.444 e. The Morgan fingerprint density at radius 2 is 1.81 bits per heavy atom. The summed E-state index contributed by atoms with van der Waals surface area (Å²) in [4.78, 5) is 30.4. The Morgan fingerprint density at radius 3 is 2.41 bits per heavy atom. The van der Waals surface area contributed by atoms with E-state index >= 15 is 0 Å². The van der Waals surface area contributed by atoms with Crippen LogP contribution in [0.5, 0.6) is 0 Å². The average Bonchev–Trinajstić information content (AvgIpc) is 2.72. The van der Waals surface area contributed by atoms with Crippen molar-refractivity contribution in [3.05, 3.63) is 28.8 Å². The number of amides is 2. The highest BCUT2D eigenvalue weighted by molar-refractivity contribution is 6.34. The third-order valence-electron chi connectivity index (χ3n) is 6.06. The second-order valence-corrected chi connectivity index (χ2v) is 10.5. The number of nitrogens with zero attached hydrogens (tertiary/aromatic N) is 3. The van der Waals surface area contributed by atoms with Crippen LogP contribution in [-0.4, -0.2) is 84.7 Å². The van der Waals surface area contributed by atoms with E-state index in [9.17, 15) is 9.59 Å². The van der Waals surface area contributed by atoms with Gasteiger partial charge in [-0.3, -0.25) is 9.69 Å². The zero-order chi connectivity index (χ0) is 23.5. The minimum atomic E-state index is -0.458. The van der Waals surface area contributed by atoms with Gasteiger partial charge in [-0.2, -0.15) is 0 Å². The number of hydrogen-bond donors (Lipinski definition) is 1. The molecule has 2 aliphatic rings. The van der Waals surface area contributed by atoms with Gasteiger partial charge in [-0.25, -0.2) is 4.79 Å². The highest BCUT2D eigenvalue weighted by atomic mass is 35.5. The van der Waals surface area contributed by atoms with E-state index in [0.29, 0.717) is 22.7 Å². The van der Waals surface area contributed by atoms with Crippen LogP contribution in [0.1, 0.15) is 56.8 Å². The Labute approximate surface area is 197 Å². The molecule has 178 valence electrons. The predicted octanol–water partition coefficient (Wildman–Crippen LogP) is 4.32. The molecule has 2 heterocycles. The number of hydrogen-bond acceptors (Lipinski definition) is 5. The molecule has 2 fully saturated rings. The molecule has 7 nitrogen and oxygen atoms in total. The summed E-state index contributed by atoms with van der Waals surface area (Å²) >= 11 is 6.38. The summed E-state index contributed by atoms with van der Waals surface area (Å²) in [5.41, 5.74) is 1.00. The van der Waals surface area contributed by atoms with Crippen LogP contribution in [0.4, 0.5) is 10.5 Å². The van der Waals surface area contributed by atoms with Crippen LogP contribution >= 0.6 is 11.6 Å². The quantitative estimate of drug-likeness (QED) is 0.718. The van der Waals surface area contributed by atoms with Crippen LogP contribution in [0.3, 0.4) is 0 Å². The van der Waals surface area contributed by atoms with E-state index in [0.717, 1.165) is 57.5 Å². The SMILES string of the molecule is CN(C)C(=O)c1ccc(N[C@@H]2CCCN(C3CCN(C(=O)OC(C)(C)C)CC3)C2)cc1Cl. The van der Waals surface area contributed by atoms with Crippen LogP contribution in [0.25, 0.3) is 0 Å². The second kappa shape index (κ2) is 10.3. The standard InChI is InChI=1S/C24H37ClN4O3/c1-24(2,3)32-23(31)28-13-10-19(11-14-28)29-12-6-7-18(16-29)26-17-8-9-20(21(25)15-17)22(30)27(4)5/h8-9,15,18-19,26H,6-7,10-14,16H2,1-5H3/t18-/m1/s1. The van der Waals surface area contributed by atoms with Crippen molar-refractivity contribution >= 4 is 29.3 Å². The predicted molar refractivity (Wildman–Crippen MR) is 129 cm³/mol. The van der Waals surface area contributed by atoms with E-state index in [1.54, 1.807) is 20.2 Å². The first-order valence-electron chi connectivity index (χ1n) is 11.5. The molecule has 0 unspecified atom stereocenters. The third kappa shape index (κ3) is 6.51. The van der Waals surface area contributed by atoms with Gasteiger partial charge in [0.2, 0.25) is 0 Å². The van der Waals surface area contributed by atoms with Gasteiger partial charge in [-0.15, -0.1) is 0 Å². The van der Waals surface area contributed by atoms with Crippen molar-refractivity contribution in [2.75, 3.05) is 45.6 Å². The molecule has 0 spiro atoms. The van der Waals surface area contributed by atoms with E-state index in [1.165, 1.54) is 4.90 Å². The van der Waals surface area contributed by atoms with Gasteiger partial charge in [-0.1, -0.05) is 11.6 Å². The molecule has 0 saturated carbocycles. The lowest BCUT2D eigenvalue weighted by Crippen LogP contribution is -2.52. The van der Waals surface area contributed by atoms with Gasteiger partial charge in [0.15, 0.2) is 0 Å². The Bertz CT molecular complexity index is 816. The molecular weight excluding hydrogens is 428 g/mol. The highest BCUT2D eigenvalue weighted by Crippen LogP contribution is 2.26. The molecule has 3 rings (SSSR count). The average molecular weight is 465 g/mol. The number of ether oxygens (including phenoxy) is 1. The summed E-state index contributed by atoms with van der Waals surface area (Å²) in [5, 5.41) is 4.07. The van der Waals surface area contributed by atoms with Crippen molar-refractivity contribution in [1.82, 2.24) is 14.7 Å². The fraction of sp³-hybridized carbons (Fsp3) is 0.667. The topological polar surface area (TPSA) is 65.1 Å². The maximum absolute atomic E-state index is 12.3. The molecule has 0 aromatic heterocycles. The lowest BCUT2D eigenvalue weighted by Gasteiger charge is -2.42. The molecule has 2 aliphatic heterocycles. The first kappa shape index (κ1) is 24.6. The third-order valence-corrected chi connectivity index (χ3v) is 6.37. The van der Waals surface area contributed by atoms with Crippen molar-refractivity contribution in [2.24, 2.45) is 0 Å². The lowest BCUT2D eigenvalue weighted by molar-refractivity contribution is 0.0127. The van der Waals surface area contributed by atoms with Crippen LogP contribution in [0, 0.1) is 0 Å². The maximum atomic E-state index is 12.3. The van der Waals surface area contributed by atoms with Gasteiger partial charge in [0.05, 0.1) is 10.6 Å². The maximum Gasteiger partial charge on any atom is 0.410 e. The van der Waals surface area contributed by atoms with Crippen molar-refractivity contribution in [1.29, 1.82) is 0 Å². The van der Waals surface area contributed by atoms with Crippen molar-refractivity contribution in [3.8, 4) is 0 Å². The van der Waals surface area contributed by atoms with E-state index in [4.69, 9.17) is 16.3 Å². The summed E-state index contributed by atoms with van der Waals surface area (Å²) in [5.74, 6) is -0.0943. The molecule has 2 amide bonds. The Hall–Kier alpha value is -1.99. The second-order valence-electron chi connectivity index (χ2n) is 10.1. The smallest absolute Gasteiger partial charge is 0.410 e. The fourth-order valence-corrected chi connectivity index (χ4v) is 4.71. The molecule has 1 aromatic rings. The largest absolute Gasteiger partial charge is 0.444 e. The molecule has 0 bridgehead atoms. The zero-order valence-electron chi connectivity index (χ0n) is 20.0. The number of likely N-dealkylation sites (tertiary alicyclic amines) is 2. The van der Waals surface area contributed by atoms with E-state index < -0.39 is 5.60 Å². The minimum absolute atomic E-state index is 0.0943. The molecule has 1 N–H and O–H groups in total. The van der Waals surface area contributed by atoms with Crippen LogP contribution in [0.15, 0.2) is 18.2 Å². The lowest BCUT2D eigenvalue weighted by atomic mass is 9.98. The van der Waals surface area contributed by atoms with Gasteiger partial charge in [-0.05, 0) is 71.2 Å². The molecular formula is C24H37ClN4O3. The first-order chi connectivity index (χ1) is 15.0. The van der Waals surface area contributed by atoms with Gasteiger partial charge in [0.25, 0.3) is 5.91 Å². The number of piperidine rings is 2. The van der Waals surface area contributed by atoms with Crippen LogP contribution < -0.4 is 5.32 Å². The Balaban J connectivity index is 1.52. The molecule has 8 heteroatoms. The summed E-state index contributed by atoms with van der Waals surface area (Å²) in [7, 11) is 3.44. The number of benzene rings is 1. The molecule has 2 saturated heterocycles. The molecule has 1 atom stereocenters. The number of anilines is 1. The monoisotopic (exact) mass is 464 g/mol. The number of nitrogens with one attached hydrogen (secondary N) is 1. The summed E-state index contributed by atoms with van der Waals surface area (Å²) in [6, 6.07) is 6.39. The molecule has 0 radical (unpaired) electrons. The Morgan fingerprint density at radius 1 is 1.12 bits per heavy atom. The number of rotatable bonds is 4. The summed E-state index contributed by atoms with van der Waals surface area (Å²) < 4.78 is 5.52. The van der Waals surface area contributed by atoms with Gasteiger partial charge >= 0.3 is 6.09 Å².